The maximum atomic E-state index is 10.7. The summed E-state index contributed by atoms with van der Waals surface area (Å²) in [5.41, 5.74) is 0. The maximum absolute atomic E-state index is 10.7. The van der Waals surface area contributed by atoms with E-state index in [1.54, 1.807) is 0 Å². The monoisotopic (exact) mass is 199 g/mol. The van der Waals surface area contributed by atoms with Crippen LogP contribution in [0.3, 0.4) is 0 Å². The van der Waals surface area contributed by atoms with Crippen LogP contribution in [0.4, 0.5) is 0 Å². The molecule has 0 heterocycles. The zero-order valence-electron chi connectivity index (χ0n) is 9.12. The van der Waals surface area contributed by atoms with Crippen LogP contribution >= 0.6 is 0 Å². The lowest BCUT2D eigenvalue weighted by atomic mass is 9.82. The number of carboxylic acids is 1. The molecule has 2 N–H and O–H groups in total. The molecule has 1 saturated carbocycles. The minimum Gasteiger partial charge on any atom is -0.481 e. The molecule has 0 amide bonds. The van der Waals surface area contributed by atoms with Gasteiger partial charge in [-0.25, -0.2) is 0 Å². The van der Waals surface area contributed by atoms with E-state index in [4.69, 9.17) is 5.11 Å². The first-order chi connectivity index (χ1) is 6.59. The predicted octanol–water partition coefficient (Wildman–Crippen LogP) is 1.88. The van der Waals surface area contributed by atoms with Crippen molar-refractivity contribution in [3.63, 3.8) is 0 Å². The van der Waals surface area contributed by atoms with E-state index < -0.39 is 5.97 Å². The second kappa shape index (κ2) is 5.35. The topological polar surface area (TPSA) is 49.3 Å². The molecule has 3 nitrogen and oxygen atoms in total. The Morgan fingerprint density at radius 2 is 1.93 bits per heavy atom. The Morgan fingerprint density at radius 3 is 2.36 bits per heavy atom. The van der Waals surface area contributed by atoms with Crippen LogP contribution in [-0.4, -0.2) is 23.7 Å². The number of rotatable bonds is 4. The minimum absolute atomic E-state index is 0.0784. The molecule has 0 saturated heterocycles. The molecule has 82 valence electrons. The molecular weight excluding hydrogens is 178 g/mol. The van der Waals surface area contributed by atoms with Crippen LogP contribution in [0.5, 0.6) is 0 Å². The lowest BCUT2D eigenvalue weighted by Gasteiger charge is -2.26. The molecule has 0 spiro atoms. The van der Waals surface area contributed by atoms with E-state index in [-0.39, 0.29) is 5.92 Å². The van der Waals surface area contributed by atoms with Gasteiger partial charge < -0.3 is 10.4 Å². The Hall–Kier alpha value is -0.570. The first-order valence-electron chi connectivity index (χ1n) is 5.55. The van der Waals surface area contributed by atoms with Crippen molar-refractivity contribution in [3.05, 3.63) is 0 Å². The zero-order valence-corrected chi connectivity index (χ0v) is 9.12. The molecule has 0 radical (unpaired) electrons. The molecule has 1 fully saturated rings. The van der Waals surface area contributed by atoms with Crippen LogP contribution < -0.4 is 5.32 Å². The highest BCUT2D eigenvalue weighted by molar-refractivity contribution is 5.69. The molecular formula is C11H21NO2. The van der Waals surface area contributed by atoms with Gasteiger partial charge in [-0.05, 0) is 38.1 Å². The van der Waals surface area contributed by atoms with Crippen molar-refractivity contribution in [1.29, 1.82) is 0 Å². The third-order valence-corrected chi connectivity index (χ3v) is 3.01. The first kappa shape index (κ1) is 11.5. The van der Waals surface area contributed by atoms with Gasteiger partial charge in [-0.2, -0.15) is 0 Å². The summed E-state index contributed by atoms with van der Waals surface area (Å²) in [6, 6.07) is 0.534. The Bertz CT molecular complexity index is 184. The van der Waals surface area contributed by atoms with Crippen molar-refractivity contribution in [1.82, 2.24) is 5.32 Å². The van der Waals surface area contributed by atoms with E-state index >= 15 is 0 Å². The van der Waals surface area contributed by atoms with Gasteiger partial charge >= 0.3 is 5.97 Å². The third-order valence-electron chi connectivity index (χ3n) is 3.01. The van der Waals surface area contributed by atoms with Gasteiger partial charge in [-0.15, -0.1) is 0 Å². The van der Waals surface area contributed by atoms with E-state index in [0.717, 1.165) is 32.2 Å². The van der Waals surface area contributed by atoms with E-state index in [0.29, 0.717) is 12.0 Å². The molecule has 1 aliphatic carbocycles. The SMILES string of the molecule is CC(C)NC[C@H]1CC[C@H](C(=O)O)CC1. The van der Waals surface area contributed by atoms with E-state index in [1.807, 2.05) is 0 Å². The van der Waals surface area contributed by atoms with Crippen LogP contribution in [0.2, 0.25) is 0 Å². The van der Waals surface area contributed by atoms with Crippen LogP contribution in [0.1, 0.15) is 39.5 Å². The minimum atomic E-state index is -0.611. The third kappa shape index (κ3) is 3.66. The maximum Gasteiger partial charge on any atom is 0.306 e. The quantitative estimate of drug-likeness (QED) is 0.726. The number of aliphatic carboxylic acids is 1. The van der Waals surface area contributed by atoms with Crippen LogP contribution in [-0.2, 0) is 4.79 Å². The average Bonchev–Trinajstić information content (AvgIpc) is 2.15. The molecule has 0 aromatic rings. The number of hydrogen-bond acceptors (Lipinski definition) is 2. The van der Waals surface area contributed by atoms with Crippen molar-refractivity contribution in [2.75, 3.05) is 6.54 Å². The van der Waals surface area contributed by atoms with Gasteiger partial charge in [-0.1, -0.05) is 13.8 Å². The summed E-state index contributed by atoms with van der Waals surface area (Å²) in [4.78, 5) is 10.7. The molecule has 0 bridgehead atoms. The fraction of sp³-hybridized carbons (Fsp3) is 0.909. The van der Waals surface area contributed by atoms with Crippen molar-refractivity contribution in [2.24, 2.45) is 11.8 Å². The summed E-state index contributed by atoms with van der Waals surface area (Å²) >= 11 is 0. The lowest BCUT2D eigenvalue weighted by Crippen LogP contribution is -2.32. The van der Waals surface area contributed by atoms with Gasteiger partial charge in [0.05, 0.1) is 5.92 Å². The van der Waals surface area contributed by atoms with Gasteiger partial charge in [0.15, 0.2) is 0 Å². The lowest BCUT2D eigenvalue weighted by molar-refractivity contribution is -0.143. The van der Waals surface area contributed by atoms with Crippen molar-refractivity contribution in [2.45, 2.75) is 45.6 Å². The molecule has 3 heteroatoms. The van der Waals surface area contributed by atoms with Crippen LogP contribution in [0, 0.1) is 11.8 Å². The number of hydrogen-bond donors (Lipinski definition) is 2. The van der Waals surface area contributed by atoms with E-state index in [1.165, 1.54) is 0 Å². The summed E-state index contributed by atoms with van der Waals surface area (Å²) in [6.45, 7) is 5.33. The molecule has 0 unspecified atom stereocenters. The molecule has 14 heavy (non-hydrogen) atoms. The van der Waals surface area contributed by atoms with Gasteiger partial charge in [0.2, 0.25) is 0 Å². The van der Waals surface area contributed by atoms with Gasteiger partial charge in [-0.3, -0.25) is 4.79 Å². The van der Waals surface area contributed by atoms with Crippen molar-refractivity contribution < 1.29 is 9.90 Å². The smallest absolute Gasteiger partial charge is 0.306 e. The number of carboxylic acid groups (broad SMARTS) is 1. The van der Waals surface area contributed by atoms with Crippen LogP contribution in [0.15, 0.2) is 0 Å². The zero-order chi connectivity index (χ0) is 10.6. The van der Waals surface area contributed by atoms with Gasteiger partial charge in [0.1, 0.15) is 0 Å². The normalized spacial score (nSPS) is 27.9. The summed E-state index contributed by atoms with van der Waals surface area (Å²) in [6.07, 6.45) is 3.85. The number of nitrogens with one attached hydrogen (secondary N) is 1. The largest absolute Gasteiger partial charge is 0.481 e. The average molecular weight is 199 g/mol. The molecule has 0 aromatic heterocycles. The first-order valence-corrected chi connectivity index (χ1v) is 5.55. The highest BCUT2D eigenvalue weighted by atomic mass is 16.4. The summed E-state index contributed by atoms with van der Waals surface area (Å²) in [7, 11) is 0. The molecule has 1 rings (SSSR count). The fourth-order valence-corrected chi connectivity index (χ4v) is 2.02. The molecule has 1 aliphatic rings. The molecule has 0 atom stereocenters. The van der Waals surface area contributed by atoms with Gasteiger partial charge in [0, 0.05) is 6.04 Å². The Labute approximate surface area is 85.9 Å². The highest BCUT2D eigenvalue weighted by Crippen LogP contribution is 2.28. The second-order valence-electron chi connectivity index (χ2n) is 4.62. The van der Waals surface area contributed by atoms with Crippen molar-refractivity contribution in [3.8, 4) is 0 Å². The fourth-order valence-electron chi connectivity index (χ4n) is 2.02. The van der Waals surface area contributed by atoms with Crippen LogP contribution in [0.25, 0.3) is 0 Å². The predicted molar refractivity (Wildman–Crippen MR) is 56.2 cm³/mol. The highest BCUT2D eigenvalue weighted by Gasteiger charge is 2.25. The van der Waals surface area contributed by atoms with E-state index in [2.05, 4.69) is 19.2 Å². The van der Waals surface area contributed by atoms with Gasteiger partial charge in [0.25, 0.3) is 0 Å². The Morgan fingerprint density at radius 1 is 1.36 bits per heavy atom. The molecule has 0 aliphatic heterocycles. The standard InChI is InChI=1S/C11H21NO2/c1-8(2)12-7-9-3-5-10(6-4-9)11(13)14/h8-10,12H,3-7H2,1-2H3,(H,13,14)/t9-,10-. The Balaban J connectivity index is 2.19. The summed E-state index contributed by atoms with van der Waals surface area (Å²) in [5, 5.41) is 12.2. The second-order valence-corrected chi connectivity index (χ2v) is 4.62. The molecule has 0 aromatic carbocycles. The number of carbonyl (C=O) groups is 1. The Kier molecular flexibility index (Phi) is 4.39. The summed E-state index contributed by atoms with van der Waals surface area (Å²) < 4.78 is 0. The summed E-state index contributed by atoms with van der Waals surface area (Å²) in [5.74, 6) is -0.00133. The van der Waals surface area contributed by atoms with Crippen molar-refractivity contribution >= 4 is 5.97 Å². The van der Waals surface area contributed by atoms with E-state index in [9.17, 15) is 4.79 Å².